The lowest BCUT2D eigenvalue weighted by Crippen LogP contribution is -2.32. The fourth-order valence-electron chi connectivity index (χ4n) is 2.00. The molecule has 0 spiro atoms. The Morgan fingerprint density at radius 1 is 1.47 bits per heavy atom. The molecule has 0 radical (unpaired) electrons. The van der Waals surface area contributed by atoms with Crippen molar-refractivity contribution in [2.24, 2.45) is 5.73 Å². The number of alkyl halides is 3. The van der Waals surface area contributed by atoms with Crippen molar-refractivity contribution in [3.05, 3.63) is 28.5 Å². The molecule has 0 bridgehead atoms. The van der Waals surface area contributed by atoms with Gasteiger partial charge in [-0.25, -0.2) is 0 Å². The van der Waals surface area contributed by atoms with Crippen LogP contribution in [0.2, 0.25) is 5.02 Å². The monoisotopic (exact) mass is 264 g/mol. The van der Waals surface area contributed by atoms with Gasteiger partial charge in [-0.15, -0.1) is 0 Å². The van der Waals surface area contributed by atoms with Gasteiger partial charge in [0.15, 0.2) is 0 Å². The highest BCUT2D eigenvalue weighted by Gasteiger charge is 2.50. The highest BCUT2D eigenvalue weighted by molar-refractivity contribution is 6.31. The van der Waals surface area contributed by atoms with E-state index in [1.807, 2.05) is 6.92 Å². The zero-order valence-corrected chi connectivity index (χ0v) is 9.94. The van der Waals surface area contributed by atoms with E-state index in [-0.39, 0.29) is 16.5 Å². The maximum Gasteiger partial charge on any atom is 0.417 e. The van der Waals surface area contributed by atoms with Crippen molar-refractivity contribution in [2.75, 3.05) is 0 Å². The predicted octanol–water partition coefficient (Wildman–Crippen LogP) is 3.13. The Labute approximate surface area is 102 Å². The van der Waals surface area contributed by atoms with Crippen molar-refractivity contribution in [3.63, 3.8) is 0 Å². The highest BCUT2D eigenvalue weighted by Crippen LogP contribution is 2.51. The fraction of sp³-hybridized carbons (Fsp3) is 0.545. The molecule has 1 saturated carbocycles. The smallest absolute Gasteiger partial charge is 0.327 e. The van der Waals surface area contributed by atoms with Crippen molar-refractivity contribution in [2.45, 2.75) is 37.4 Å². The highest BCUT2D eigenvalue weighted by atomic mass is 35.5. The normalized spacial score (nSPS) is 20.1. The Kier molecular flexibility index (Phi) is 2.86. The van der Waals surface area contributed by atoms with E-state index in [9.17, 15) is 13.2 Å². The van der Waals surface area contributed by atoms with Crippen molar-refractivity contribution in [1.29, 1.82) is 0 Å². The van der Waals surface area contributed by atoms with E-state index in [0.29, 0.717) is 5.69 Å². The number of nitrogens with zero attached hydrogens (tertiary/aromatic N) is 1. The summed E-state index contributed by atoms with van der Waals surface area (Å²) in [5, 5.41) is 0.0506. The summed E-state index contributed by atoms with van der Waals surface area (Å²) in [6.07, 6.45) is -1.95. The SMILES string of the molecule is CC(N)C1(c2ncc(C(F)(F)F)cc2Cl)CC1. The molecule has 1 heterocycles. The lowest BCUT2D eigenvalue weighted by atomic mass is 9.93. The second-order valence-corrected chi connectivity index (χ2v) is 4.90. The van der Waals surface area contributed by atoms with E-state index in [2.05, 4.69) is 4.98 Å². The summed E-state index contributed by atoms with van der Waals surface area (Å²) in [5.74, 6) is 0. The maximum atomic E-state index is 12.4. The first kappa shape index (κ1) is 12.6. The topological polar surface area (TPSA) is 38.9 Å². The van der Waals surface area contributed by atoms with E-state index < -0.39 is 11.7 Å². The van der Waals surface area contributed by atoms with Crippen LogP contribution < -0.4 is 5.73 Å². The fourth-order valence-corrected chi connectivity index (χ4v) is 2.36. The van der Waals surface area contributed by atoms with E-state index >= 15 is 0 Å². The minimum absolute atomic E-state index is 0.0506. The van der Waals surface area contributed by atoms with Gasteiger partial charge in [0, 0.05) is 17.7 Å². The molecular weight excluding hydrogens is 253 g/mol. The van der Waals surface area contributed by atoms with Gasteiger partial charge in [0.25, 0.3) is 0 Å². The van der Waals surface area contributed by atoms with Crippen LogP contribution in [0.15, 0.2) is 12.3 Å². The summed E-state index contributed by atoms with van der Waals surface area (Å²) in [7, 11) is 0. The Morgan fingerprint density at radius 3 is 2.41 bits per heavy atom. The Bertz CT molecular complexity index is 439. The zero-order chi connectivity index (χ0) is 12.8. The van der Waals surface area contributed by atoms with Gasteiger partial charge in [-0.05, 0) is 25.8 Å². The molecule has 0 aromatic carbocycles. The molecule has 1 aliphatic rings. The van der Waals surface area contributed by atoms with Crippen LogP contribution in [-0.2, 0) is 11.6 Å². The number of rotatable bonds is 2. The lowest BCUT2D eigenvalue weighted by Gasteiger charge is -2.20. The molecule has 6 heteroatoms. The molecule has 1 atom stereocenters. The average molecular weight is 265 g/mol. The van der Waals surface area contributed by atoms with E-state index in [1.54, 1.807) is 0 Å². The second-order valence-electron chi connectivity index (χ2n) is 4.50. The Morgan fingerprint density at radius 2 is 2.06 bits per heavy atom. The Hall–Kier alpha value is -0.810. The lowest BCUT2D eigenvalue weighted by molar-refractivity contribution is -0.137. The van der Waals surface area contributed by atoms with Crippen LogP contribution in [0.4, 0.5) is 13.2 Å². The largest absolute Gasteiger partial charge is 0.417 e. The van der Waals surface area contributed by atoms with Crippen LogP contribution in [-0.4, -0.2) is 11.0 Å². The molecule has 2 nitrogen and oxygen atoms in total. The molecule has 2 rings (SSSR count). The number of halogens is 4. The molecule has 1 aromatic heterocycles. The van der Waals surface area contributed by atoms with Gasteiger partial charge >= 0.3 is 6.18 Å². The molecule has 94 valence electrons. The third-order valence-corrected chi connectivity index (χ3v) is 3.59. The first-order valence-corrected chi connectivity index (χ1v) is 5.64. The number of hydrogen-bond donors (Lipinski definition) is 1. The molecule has 1 unspecified atom stereocenters. The number of hydrogen-bond acceptors (Lipinski definition) is 2. The van der Waals surface area contributed by atoms with Crippen LogP contribution >= 0.6 is 11.6 Å². The standard InChI is InChI=1S/C11H12ClF3N2/c1-6(16)10(2-3-10)9-8(12)4-7(5-17-9)11(13,14)15/h4-6H,2-3,16H2,1H3. The molecule has 1 fully saturated rings. The van der Waals surface area contributed by atoms with Gasteiger partial charge in [-0.2, -0.15) is 13.2 Å². The van der Waals surface area contributed by atoms with Gasteiger partial charge in [-0.1, -0.05) is 11.6 Å². The van der Waals surface area contributed by atoms with Crippen molar-refractivity contribution >= 4 is 11.6 Å². The van der Waals surface area contributed by atoms with Crippen LogP contribution in [0.5, 0.6) is 0 Å². The summed E-state index contributed by atoms with van der Waals surface area (Å²) in [6, 6.07) is 0.760. The molecular formula is C11H12ClF3N2. The maximum absolute atomic E-state index is 12.4. The first-order chi connectivity index (χ1) is 7.77. The van der Waals surface area contributed by atoms with Gasteiger partial charge in [0.1, 0.15) is 0 Å². The van der Waals surface area contributed by atoms with E-state index in [4.69, 9.17) is 17.3 Å². The molecule has 1 aromatic rings. The zero-order valence-electron chi connectivity index (χ0n) is 9.18. The van der Waals surface area contributed by atoms with E-state index in [0.717, 1.165) is 25.1 Å². The molecule has 17 heavy (non-hydrogen) atoms. The van der Waals surface area contributed by atoms with E-state index in [1.165, 1.54) is 0 Å². The Balaban J connectivity index is 2.40. The van der Waals surface area contributed by atoms with Crippen molar-refractivity contribution in [1.82, 2.24) is 4.98 Å². The average Bonchev–Trinajstić information content (AvgIpc) is 2.96. The summed E-state index contributed by atoms with van der Waals surface area (Å²) in [6.45, 7) is 1.82. The first-order valence-electron chi connectivity index (χ1n) is 5.26. The van der Waals surface area contributed by atoms with Gasteiger partial charge < -0.3 is 5.73 Å². The van der Waals surface area contributed by atoms with Gasteiger partial charge in [-0.3, -0.25) is 4.98 Å². The predicted molar refractivity (Wildman–Crippen MR) is 58.8 cm³/mol. The van der Waals surface area contributed by atoms with Crippen LogP contribution in [0.25, 0.3) is 0 Å². The third kappa shape index (κ3) is 2.13. The summed E-state index contributed by atoms with van der Waals surface area (Å²) < 4.78 is 37.3. The second kappa shape index (κ2) is 3.85. The van der Waals surface area contributed by atoms with Gasteiger partial charge in [0.05, 0.1) is 16.3 Å². The van der Waals surface area contributed by atoms with Crippen molar-refractivity contribution in [3.8, 4) is 0 Å². The molecule has 0 aliphatic heterocycles. The quantitative estimate of drug-likeness (QED) is 0.891. The molecule has 1 aliphatic carbocycles. The van der Waals surface area contributed by atoms with Crippen LogP contribution in [0.3, 0.4) is 0 Å². The van der Waals surface area contributed by atoms with Crippen LogP contribution in [0, 0.1) is 0 Å². The molecule has 0 amide bonds. The minimum Gasteiger partial charge on any atom is -0.327 e. The minimum atomic E-state index is -4.42. The number of nitrogens with two attached hydrogens (primary N) is 1. The van der Waals surface area contributed by atoms with Crippen molar-refractivity contribution < 1.29 is 13.2 Å². The molecule has 2 N–H and O–H groups in total. The number of pyridine rings is 1. The third-order valence-electron chi connectivity index (χ3n) is 3.30. The van der Waals surface area contributed by atoms with Gasteiger partial charge in [0.2, 0.25) is 0 Å². The summed E-state index contributed by atoms with van der Waals surface area (Å²) >= 11 is 5.89. The van der Waals surface area contributed by atoms with Crippen LogP contribution in [0.1, 0.15) is 31.0 Å². The summed E-state index contributed by atoms with van der Waals surface area (Å²) in [5.41, 5.74) is 5.17. The molecule has 0 saturated heterocycles. The number of aromatic nitrogens is 1. The summed E-state index contributed by atoms with van der Waals surface area (Å²) in [4.78, 5) is 3.87.